The number of nitrogens with zero attached hydrogens (tertiary/aromatic N) is 1. The lowest BCUT2D eigenvalue weighted by molar-refractivity contribution is 0.251. The summed E-state index contributed by atoms with van der Waals surface area (Å²) >= 11 is 0. The van der Waals surface area contributed by atoms with Crippen LogP contribution in [-0.2, 0) is 6.54 Å². The first-order chi connectivity index (χ1) is 18.2. The largest absolute Gasteiger partial charge is 0.371 e. The monoisotopic (exact) mass is 487 g/mol. The predicted molar refractivity (Wildman–Crippen MR) is 151 cm³/mol. The molecule has 2 heterocycles. The summed E-state index contributed by atoms with van der Waals surface area (Å²) in [6.07, 6.45) is 2.16. The Labute approximate surface area is 219 Å². The Morgan fingerprint density at radius 2 is 1.32 bits per heavy atom. The van der Waals surface area contributed by atoms with Crippen LogP contribution in [0.3, 0.4) is 0 Å². The normalized spacial score (nSPS) is 18.1. The van der Waals surface area contributed by atoms with Crippen molar-refractivity contribution in [3.8, 4) is 0 Å². The molecule has 0 fully saturated rings. The average Bonchev–Trinajstić information content (AvgIpc) is 2.94. The minimum absolute atomic E-state index is 0.175. The van der Waals surface area contributed by atoms with Gasteiger partial charge in [0, 0.05) is 42.8 Å². The molecule has 2 unspecified atom stereocenters. The highest BCUT2D eigenvalue weighted by Gasteiger charge is 2.35. The molecule has 4 aromatic rings. The van der Waals surface area contributed by atoms with Crippen molar-refractivity contribution in [3.05, 3.63) is 130 Å². The fraction of sp³-hybridized carbons (Fsp3) is 0.242. The van der Waals surface area contributed by atoms with Crippen LogP contribution in [0.1, 0.15) is 58.1 Å². The smallest absolute Gasteiger partial charge is 0.319 e. The van der Waals surface area contributed by atoms with Gasteiger partial charge in [-0.05, 0) is 65.3 Å². The van der Waals surface area contributed by atoms with Crippen molar-refractivity contribution in [2.45, 2.75) is 38.1 Å². The van der Waals surface area contributed by atoms with Gasteiger partial charge in [-0.1, -0.05) is 84.9 Å². The van der Waals surface area contributed by atoms with Gasteiger partial charge >= 0.3 is 6.03 Å². The zero-order valence-corrected chi connectivity index (χ0v) is 21.3. The van der Waals surface area contributed by atoms with Gasteiger partial charge in [0.25, 0.3) is 0 Å². The molecule has 0 radical (unpaired) electrons. The van der Waals surface area contributed by atoms with E-state index in [4.69, 9.17) is 0 Å². The van der Waals surface area contributed by atoms with Crippen molar-refractivity contribution in [2.75, 3.05) is 23.3 Å². The number of amides is 2. The number of aryl methyl sites for hydroxylation is 1. The SMILES string of the molecule is Cc1ccccc1CNC(=O)Nc1cc2c3c(c1)C(c1ccccc1)CCN3CCC2c1ccccc1. The van der Waals surface area contributed by atoms with Crippen molar-refractivity contribution in [1.29, 1.82) is 0 Å². The number of benzene rings is 4. The van der Waals surface area contributed by atoms with E-state index < -0.39 is 0 Å². The molecule has 2 amide bonds. The van der Waals surface area contributed by atoms with Crippen molar-refractivity contribution >= 4 is 17.4 Å². The number of carbonyl (C=O) groups is 1. The maximum Gasteiger partial charge on any atom is 0.319 e. The lowest BCUT2D eigenvalue weighted by Gasteiger charge is -2.43. The fourth-order valence-corrected chi connectivity index (χ4v) is 6.09. The number of hydrogen-bond acceptors (Lipinski definition) is 2. The highest BCUT2D eigenvalue weighted by atomic mass is 16.2. The summed E-state index contributed by atoms with van der Waals surface area (Å²) in [7, 11) is 0. The summed E-state index contributed by atoms with van der Waals surface area (Å²) in [6.45, 7) is 4.70. The van der Waals surface area contributed by atoms with E-state index in [0.717, 1.165) is 37.2 Å². The van der Waals surface area contributed by atoms with Gasteiger partial charge in [-0.25, -0.2) is 4.79 Å². The second-order valence-corrected chi connectivity index (χ2v) is 10.2. The van der Waals surface area contributed by atoms with Crippen LogP contribution in [0.25, 0.3) is 0 Å². The van der Waals surface area contributed by atoms with E-state index in [2.05, 4.69) is 107 Å². The Morgan fingerprint density at radius 3 is 1.89 bits per heavy atom. The molecule has 2 aliphatic heterocycles. The highest BCUT2D eigenvalue weighted by molar-refractivity contribution is 5.90. The summed E-state index contributed by atoms with van der Waals surface area (Å²) in [5.74, 6) is 0.634. The summed E-state index contributed by atoms with van der Waals surface area (Å²) in [5, 5.41) is 6.22. The lowest BCUT2D eigenvalue weighted by Crippen LogP contribution is -2.38. The molecule has 0 saturated heterocycles. The van der Waals surface area contributed by atoms with Crippen LogP contribution in [0.15, 0.2) is 97.1 Å². The van der Waals surface area contributed by atoms with E-state index in [1.807, 2.05) is 12.1 Å². The Hall–Kier alpha value is -4.05. The Kier molecular flexibility index (Phi) is 6.40. The van der Waals surface area contributed by atoms with Crippen LogP contribution in [0.4, 0.5) is 16.2 Å². The van der Waals surface area contributed by atoms with Crippen LogP contribution < -0.4 is 15.5 Å². The van der Waals surface area contributed by atoms with Gasteiger partial charge in [-0.3, -0.25) is 0 Å². The Balaban J connectivity index is 1.37. The summed E-state index contributed by atoms with van der Waals surface area (Å²) in [5.41, 5.74) is 9.86. The van der Waals surface area contributed by atoms with Gasteiger partial charge in [0.1, 0.15) is 0 Å². The van der Waals surface area contributed by atoms with Crippen molar-refractivity contribution in [3.63, 3.8) is 0 Å². The first kappa shape index (κ1) is 23.4. The van der Waals surface area contributed by atoms with E-state index in [1.165, 1.54) is 33.5 Å². The third kappa shape index (κ3) is 4.72. The number of hydrogen-bond donors (Lipinski definition) is 2. The molecule has 2 N–H and O–H groups in total. The minimum Gasteiger partial charge on any atom is -0.371 e. The van der Waals surface area contributed by atoms with Crippen LogP contribution >= 0.6 is 0 Å². The molecule has 2 aliphatic rings. The van der Waals surface area contributed by atoms with E-state index in [9.17, 15) is 4.79 Å². The molecular formula is C33H33N3O. The molecule has 0 saturated carbocycles. The number of anilines is 2. The molecule has 0 aliphatic carbocycles. The molecular weight excluding hydrogens is 454 g/mol. The number of carbonyl (C=O) groups excluding carboxylic acids is 1. The topological polar surface area (TPSA) is 44.4 Å². The third-order valence-corrected chi connectivity index (χ3v) is 7.97. The van der Waals surface area contributed by atoms with Gasteiger partial charge in [0.2, 0.25) is 0 Å². The summed E-state index contributed by atoms with van der Waals surface area (Å²) in [4.78, 5) is 15.6. The first-order valence-electron chi connectivity index (χ1n) is 13.3. The van der Waals surface area contributed by atoms with E-state index >= 15 is 0 Å². The lowest BCUT2D eigenvalue weighted by atomic mass is 9.76. The van der Waals surface area contributed by atoms with Crippen LogP contribution in [-0.4, -0.2) is 19.1 Å². The summed E-state index contributed by atoms with van der Waals surface area (Å²) in [6, 6.07) is 34.0. The highest BCUT2D eigenvalue weighted by Crippen LogP contribution is 2.49. The van der Waals surface area contributed by atoms with Crippen LogP contribution in [0, 0.1) is 6.92 Å². The average molecular weight is 488 g/mol. The molecule has 4 nitrogen and oxygen atoms in total. The zero-order chi connectivity index (χ0) is 25.2. The molecule has 2 atom stereocenters. The molecule has 186 valence electrons. The number of nitrogens with one attached hydrogen (secondary N) is 2. The van der Waals surface area contributed by atoms with E-state index in [1.54, 1.807) is 0 Å². The standard InChI is InChI=1S/C33H33N3O/c1-23-10-8-9-15-26(23)22-34-33(37)35-27-20-30-28(24-11-4-2-5-12-24)16-18-36-19-17-29(31(21-27)32(30)36)25-13-6-3-7-14-25/h2-15,20-21,28-29H,16-19,22H2,1H3,(H2,34,35,37). The maximum atomic E-state index is 13.0. The van der Waals surface area contributed by atoms with Crippen LogP contribution in [0.5, 0.6) is 0 Å². The second kappa shape index (κ2) is 10.1. The molecule has 4 heteroatoms. The molecule has 0 spiro atoms. The number of urea groups is 1. The van der Waals surface area contributed by atoms with Gasteiger partial charge in [-0.15, -0.1) is 0 Å². The molecule has 0 aromatic heterocycles. The fourth-order valence-electron chi connectivity index (χ4n) is 6.09. The minimum atomic E-state index is -0.175. The predicted octanol–water partition coefficient (Wildman–Crippen LogP) is 7.19. The first-order valence-corrected chi connectivity index (χ1v) is 13.3. The maximum absolute atomic E-state index is 13.0. The molecule has 6 rings (SSSR count). The van der Waals surface area contributed by atoms with Gasteiger partial charge < -0.3 is 15.5 Å². The van der Waals surface area contributed by atoms with Crippen LogP contribution in [0.2, 0.25) is 0 Å². The van der Waals surface area contributed by atoms with Gasteiger partial charge in [0.05, 0.1) is 0 Å². The molecule has 4 aromatic carbocycles. The van der Waals surface area contributed by atoms with Gasteiger partial charge in [0.15, 0.2) is 0 Å². The van der Waals surface area contributed by atoms with Crippen molar-refractivity contribution in [2.24, 2.45) is 0 Å². The van der Waals surface area contributed by atoms with Crippen molar-refractivity contribution < 1.29 is 4.79 Å². The molecule has 0 bridgehead atoms. The third-order valence-electron chi connectivity index (χ3n) is 7.97. The zero-order valence-electron chi connectivity index (χ0n) is 21.3. The second-order valence-electron chi connectivity index (χ2n) is 10.2. The molecule has 37 heavy (non-hydrogen) atoms. The quantitative estimate of drug-likeness (QED) is 0.313. The van der Waals surface area contributed by atoms with E-state index in [-0.39, 0.29) is 6.03 Å². The summed E-state index contributed by atoms with van der Waals surface area (Å²) < 4.78 is 0. The van der Waals surface area contributed by atoms with E-state index in [0.29, 0.717) is 18.4 Å². The van der Waals surface area contributed by atoms with Crippen molar-refractivity contribution in [1.82, 2.24) is 5.32 Å². The Bertz CT molecular complexity index is 1330. The van der Waals surface area contributed by atoms with Gasteiger partial charge in [-0.2, -0.15) is 0 Å². The Morgan fingerprint density at radius 1 is 0.784 bits per heavy atom. The number of rotatable bonds is 5.